The van der Waals surface area contributed by atoms with E-state index < -0.39 is 0 Å². The number of nitrogens with zero attached hydrogens (tertiary/aromatic N) is 3. The second-order valence-electron chi connectivity index (χ2n) is 10.3. The van der Waals surface area contributed by atoms with E-state index >= 15 is 0 Å². The Morgan fingerprint density at radius 1 is 0.659 bits per heavy atom. The molecule has 0 amide bonds. The Labute approximate surface area is 257 Å². The van der Waals surface area contributed by atoms with Crippen molar-refractivity contribution in [2.75, 3.05) is 0 Å². The Bertz CT molecular complexity index is 2070. The van der Waals surface area contributed by atoms with Gasteiger partial charge in [-0.15, -0.1) is 0 Å². The van der Waals surface area contributed by atoms with Crippen LogP contribution >= 0.6 is 0 Å². The summed E-state index contributed by atoms with van der Waals surface area (Å²) in [6.45, 7) is 11.2. The molecule has 0 fully saturated rings. The van der Waals surface area contributed by atoms with Crippen molar-refractivity contribution in [3.8, 4) is 50.8 Å². The van der Waals surface area contributed by atoms with Crippen molar-refractivity contribution in [3.63, 3.8) is 0 Å². The van der Waals surface area contributed by atoms with E-state index in [0.29, 0.717) is 11.1 Å². The molecule has 6 rings (SSSR count). The van der Waals surface area contributed by atoms with Crippen molar-refractivity contribution >= 4 is 16.3 Å². The average Bonchev–Trinajstić information content (AvgIpc) is 3.10. The minimum Gasteiger partial charge on any atom is -0.248 e. The highest BCUT2D eigenvalue weighted by molar-refractivity contribution is 6.03. The van der Waals surface area contributed by atoms with Gasteiger partial charge in [-0.1, -0.05) is 128 Å². The molecule has 0 saturated carbocycles. The minimum atomic E-state index is 0.384. The van der Waals surface area contributed by atoms with Crippen LogP contribution in [0, 0.1) is 17.9 Å². The zero-order valence-electron chi connectivity index (χ0n) is 24.0. The van der Waals surface area contributed by atoms with Crippen LogP contribution in [0.1, 0.15) is 5.56 Å². The highest BCUT2D eigenvalue weighted by Crippen LogP contribution is 2.35. The predicted molar refractivity (Wildman–Crippen MR) is 182 cm³/mol. The molecule has 0 spiro atoms. The summed E-state index contributed by atoms with van der Waals surface area (Å²) >= 11 is 0. The number of hydrogen-bond donors (Lipinski definition) is 0. The first-order chi connectivity index (χ1) is 21.6. The Balaban J connectivity index is 1.39. The van der Waals surface area contributed by atoms with Crippen LogP contribution in [0.3, 0.4) is 0 Å². The lowest BCUT2D eigenvalue weighted by Gasteiger charge is -2.13. The maximum atomic E-state index is 9.49. The summed E-state index contributed by atoms with van der Waals surface area (Å²) in [5.74, 6) is 0. The summed E-state index contributed by atoms with van der Waals surface area (Å²) in [6, 6.07) is 48.1. The molecule has 0 aliphatic rings. The SMILES string of the molecule is [C-]#[N+]/C=C/C(C#N)=C\C(=C)c1cccc2c(-c3ccc(-c4cc(-c5ccccc5)cc(-c5ccccc5)n4)cc3)cccc12. The number of benzene rings is 5. The lowest BCUT2D eigenvalue weighted by molar-refractivity contribution is 1.32. The fourth-order valence-corrected chi connectivity index (χ4v) is 5.40. The topological polar surface area (TPSA) is 41.0 Å². The maximum absolute atomic E-state index is 9.49. The Kier molecular flexibility index (Phi) is 8.04. The van der Waals surface area contributed by atoms with E-state index in [-0.39, 0.29) is 0 Å². The minimum absolute atomic E-state index is 0.384. The zero-order valence-corrected chi connectivity index (χ0v) is 24.0. The van der Waals surface area contributed by atoms with Crippen LogP contribution in [-0.2, 0) is 0 Å². The molecule has 0 saturated heterocycles. The highest BCUT2D eigenvalue weighted by Gasteiger charge is 2.12. The number of rotatable bonds is 7. The largest absolute Gasteiger partial charge is 0.248 e. The van der Waals surface area contributed by atoms with Gasteiger partial charge in [0.1, 0.15) is 0 Å². The maximum Gasteiger partial charge on any atom is 0.155 e. The Morgan fingerprint density at radius 3 is 1.91 bits per heavy atom. The van der Waals surface area contributed by atoms with Crippen molar-refractivity contribution < 1.29 is 0 Å². The van der Waals surface area contributed by atoms with Crippen LogP contribution in [0.2, 0.25) is 0 Å². The molecular formula is C41H27N3. The molecular weight excluding hydrogens is 534 g/mol. The third kappa shape index (κ3) is 5.86. The normalized spacial score (nSPS) is 11.3. The third-order valence-corrected chi connectivity index (χ3v) is 7.55. The van der Waals surface area contributed by atoms with Gasteiger partial charge in [0.05, 0.1) is 24.0 Å². The molecule has 5 aromatic carbocycles. The molecule has 0 unspecified atom stereocenters. The first-order valence-corrected chi connectivity index (χ1v) is 14.2. The standard InChI is InChI=1S/C41H27N3/c1-29(25-30(28-42)23-24-43-2)36-15-9-18-39-37(16-10-17-38(36)39)32-19-21-34(22-20-32)41-27-35(31-11-5-3-6-12-31)26-40(44-41)33-13-7-4-8-14-33/h3-27H,1H2/b24-23+,30-25+. The van der Waals surface area contributed by atoms with Gasteiger partial charge >= 0.3 is 0 Å². The van der Waals surface area contributed by atoms with Gasteiger partial charge in [-0.2, -0.15) is 5.26 Å². The van der Waals surface area contributed by atoms with Gasteiger partial charge in [-0.05, 0) is 68.4 Å². The van der Waals surface area contributed by atoms with Gasteiger partial charge in [0, 0.05) is 16.7 Å². The van der Waals surface area contributed by atoms with E-state index in [1.54, 1.807) is 6.08 Å². The number of nitriles is 1. The van der Waals surface area contributed by atoms with Gasteiger partial charge in [0.25, 0.3) is 0 Å². The molecule has 206 valence electrons. The van der Waals surface area contributed by atoms with Crippen LogP contribution in [0.25, 0.3) is 66.0 Å². The first-order valence-electron chi connectivity index (χ1n) is 14.2. The van der Waals surface area contributed by atoms with Crippen molar-refractivity contribution in [3.05, 3.63) is 181 Å². The van der Waals surface area contributed by atoms with Crippen LogP contribution in [0.15, 0.2) is 164 Å². The van der Waals surface area contributed by atoms with E-state index in [0.717, 1.165) is 61.1 Å². The molecule has 1 aromatic heterocycles. The van der Waals surface area contributed by atoms with Crippen molar-refractivity contribution in [1.29, 1.82) is 5.26 Å². The highest BCUT2D eigenvalue weighted by atomic mass is 14.7. The lowest BCUT2D eigenvalue weighted by Crippen LogP contribution is -1.91. The molecule has 1 heterocycles. The predicted octanol–water partition coefficient (Wildman–Crippen LogP) is 10.8. The first kappa shape index (κ1) is 27.9. The third-order valence-electron chi connectivity index (χ3n) is 7.55. The molecule has 0 atom stereocenters. The molecule has 0 radical (unpaired) electrons. The molecule has 0 aliphatic carbocycles. The molecule has 0 bridgehead atoms. The van der Waals surface area contributed by atoms with E-state index in [1.807, 2.05) is 42.5 Å². The van der Waals surface area contributed by atoms with Gasteiger partial charge in [-0.25, -0.2) is 9.83 Å². The number of fused-ring (bicyclic) bond motifs is 1. The number of aromatic nitrogens is 1. The van der Waals surface area contributed by atoms with Crippen LogP contribution in [0.5, 0.6) is 0 Å². The summed E-state index contributed by atoms with van der Waals surface area (Å²) in [6.07, 6.45) is 4.50. The lowest BCUT2D eigenvalue weighted by atomic mass is 9.92. The van der Waals surface area contributed by atoms with E-state index in [2.05, 4.69) is 108 Å². The smallest absolute Gasteiger partial charge is 0.155 e. The van der Waals surface area contributed by atoms with Crippen molar-refractivity contribution in [2.24, 2.45) is 0 Å². The number of pyridine rings is 1. The van der Waals surface area contributed by atoms with Gasteiger partial charge in [0.15, 0.2) is 6.20 Å². The fourth-order valence-electron chi connectivity index (χ4n) is 5.40. The Morgan fingerprint density at radius 2 is 1.25 bits per heavy atom. The van der Waals surface area contributed by atoms with Gasteiger partial charge in [0.2, 0.25) is 0 Å². The van der Waals surface area contributed by atoms with Crippen LogP contribution in [-0.4, -0.2) is 4.98 Å². The molecule has 44 heavy (non-hydrogen) atoms. The van der Waals surface area contributed by atoms with E-state index in [1.165, 1.54) is 12.3 Å². The van der Waals surface area contributed by atoms with Crippen LogP contribution in [0.4, 0.5) is 0 Å². The quantitative estimate of drug-likeness (QED) is 0.110. The molecule has 0 aliphatic heterocycles. The fraction of sp³-hybridized carbons (Fsp3) is 0. The summed E-state index contributed by atoms with van der Waals surface area (Å²) in [4.78, 5) is 8.28. The summed E-state index contributed by atoms with van der Waals surface area (Å²) in [7, 11) is 0. The number of allylic oxidation sites excluding steroid dienone is 4. The van der Waals surface area contributed by atoms with E-state index in [4.69, 9.17) is 11.6 Å². The second kappa shape index (κ2) is 12.7. The molecule has 6 aromatic rings. The summed E-state index contributed by atoms with van der Waals surface area (Å²) in [5, 5.41) is 11.6. The van der Waals surface area contributed by atoms with E-state index in [9.17, 15) is 5.26 Å². The second-order valence-corrected chi connectivity index (χ2v) is 10.3. The van der Waals surface area contributed by atoms with Crippen LogP contribution < -0.4 is 0 Å². The monoisotopic (exact) mass is 561 g/mol. The molecule has 3 heteroatoms. The molecule has 3 nitrogen and oxygen atoms in total. The summed E-state index contributed by atoms with van der Waals surface area (Å²) in [5.41, 5.74) is 10.5. The van der Waals surface area contributed by atoms with Crippen molar-refractivity contribution in [2.45, 2.75) is 0 Å². The van der Waals surface area contributed by atoms with Gasteiger partial charge < -0.3 is 0 Å². The Hall–Kier alpha value is -6.29. The van der Waals surface area contributed by atoms with Crippen molar-refractivity contribution in [1.82, 2.24) is 4.98 Å². The molecule has 0 N–H and O–H groups in total. The zero-order chi connectivity index (χ0) is 30.3. The summed E-state index contributed by atoms with van der Waals surface area (Å²) < 4.78 is 0. The van der Waals surface area contributed by atoms with Gasteiger partial charge in [-0.3, -0.25) is 0 Å². The number of hydrogen-bond acceptors (Lipinski definition) is 2. The average molecular weight is 562 g/mol.